The summed E-state index contributed by atoms with van der Waals surface area (Å²) >= 11 is 6.80. The second-order valence-electron chi connectivity index (χ2n) is 4.58. The van der Waals surface area contributed by atoms with Gasteiger partial charge in [-0.25, -0.2) is 4.98 Å². The topological polar surface area (TPSA) is 45.4 Å². The van der Waals surface area contributed by atoms with Crippen molar-refractivity contribution in [2.45, 2.75) is 26.3 Å². The number of thiocarbonyl (C=S) groups is 1. The summed E-state index contributed by atoms with van der Waals surface area (Å²) in [6.45, 7) is 8.23. The Morgan fingerprint density at radius 1 is 1.50 bits per heavy atom. The van der Waals surface area contributed by atoms with Crippen molar-refractivity contribution in [3.05, 3.63) is 11.1 Å². The average Bonchev–Trinajstić information content (AvgIpc) is 2.86. The molecule has 2 N–H and O–H groups in total. The van der Waals surface area contributed by atoms with Crippen molar-refractivity contribution in [3.8, 4) is 0 Å². The molecule has 2 rings (SSSR count). The van der Waals surface area contributed by atoms with E-state index < -0.39 is 0 Å². The Bertz CT molecular complexity index is 410. The lowest BCUT2D eigenvalue weighted by molar-refractivity contribution is 0.239. The SMILES string of the molecule is CCc1csc(N2CCN(C(C)C(N)=S)CC2)n1. The molecule has 100 valence electrons. The van der Waals surface area contributed by atoms with Crippen LogP contribution in [0.25, 0.3) is 0 Å². The van der Waals surface area contributed by atoms with Gasteiger partial charge in [-0.05, 0) is 13.3 Å². The monoisotopic (exact) mass is 284 g/mol. The Hall–Kier alpha value is -0.720. The van der Waals surface area contributed by atoms with Crippen molar-refractivity contribution in [2.75, 3.05) is 31.1 Å². The Balaban J connectivity index is 1.92. The predicted molar refractivity (Wildman–Crippen MR) is 81.5 cm³/mol. The normalized spacial score (nSPS) is 18.9. The smallest absolute Gasteiger partial charge is 0.185 e. The van der Waals surface area contributed by atoms with Crippen LogP contribution in [0.4, 0.5) is 5.13 Å². The highest BCUT2D eigenvalue weighted by atomic mass is 32.1. The van der Waals surface area contributed by atoms with Crippen LogP contribution in [-0.2, 0) is 6.42 Å². The molecule has 0 radical (unpaired) electrons. The molecule has 0 spiro atoms. The highest BCUT2D eigenvalue weighted by molar-refractivity contribution is 7.80. The van der Waals surface area contributed by atoms with E-state index in [-0.39, 0.29) is 6.04 Å². The van der Waals surface area contributed by atoms with Crippen molar-refractivity contribution in [1.82, 2.24) is 9.88 Å². The molecule has 0 saturated carbocycles. The van der Waals surface area contributed by atoms with Crippen LogP contribution in [0.15, 0.2) is 5.38 Å². The lowest BCUT2D eigenvalue weighted by atomic mass is 10.2. The summed E-state index contributed by atoms with van der Waals surface area (Å²) in [5.41, 5.74) is 6.89. The van der Waals surface area contributed by atoms with E-state index in [0.29, 0.717) is 4.99 Å². The van der Waals surface area contributed by atoms with Gasteiger partial charge < -0.3 is 10.6 Å². The average molecular weight is 284 g/mol. The second kappa shape index (κ2) is 5.95. The highest BCUT2D eigenvalue weighted by Gasteiger charge is 2.23. The maximum Gasteiger partial charge on any atom is 0.185 e. The van der Waals surface area contributed by atoms with Crippen molar-refractivity contribution < 1.29 is 0 Å². The summed E-state index contributed by atoms with van der Waals surface area (Å²) in [6, 6.07) is 0.199. The second-order valence-corrected chi connectivity index (χ2v) is 5.88. The van der Waals surface area contributed by atoms with Gasteiger partial charge in [0.15, 0.2) is 5.13 Å². The van der Waals surface area contributed by atoms with Gasteiger partial charge in [0.1, 0.15) is 0 Å². The van der Waals surface area contributed by atoms with Gasteiger partial charge >= 0.3 is 0 Å². The van der Waals surface area contributed by atoms with Crippen molar-refractivity contribution >= 4 is 33.7 Å². The zero-order valence-corrected chi connectivity index (χ0v) is 12.6. The number of thiazole rings is 1. The van der Waals surface area contributed by atoms with Crippen molar-refractivity contribution in [2.24, 2.45) is 5.73 Å². The molecule has 1 aromatic rings. The minimum Gasteiger partial charge on any atom is -0.392 e. The first-order valence-corrected chi connectivity index (χ1v) is 7.63. The Labute approximate surface area is 118 Å². The third kappa shape index (κ3) is 2.99. The molecule has 2 heterocycles. The van der Waals surface area contributed by atoms with E-state index in [0.717, 1.165) is 37.7 Å². The quantitative estimate of drug-likeness (QED) is 0.849. The van der Waals surface area contributed by atoms with Gasteiger partial charge in [0, 0.05) is 31.6 Å². The largest absolute Gasteiger partial charge is 0.392 e. The molecule has 4 nitrogen and oxygen atoms in total. The van der Waals surface area contributed by atoms with E-state index in [1.54, 1.807) is 11.3 Å². The summed E-state index contributed by atoms with van der Waals surface area (Å²) in [6.07, 6.45) is 1.01. The lowest BCUT2D eigenvalue weighted by Gasteiger charge is -2.37. The third-order valence-corrected chi connectivity index (χ3v) is 4.74. The van der Waals surface area contributed by atoms with E-state index >= 15 is 0 Å². The lowest BCUT2D eigenvalue weighted by Crippen LogP contribution is -2.52. The highest BCUT2D eigenvalue weighted by Crippen LogP contribution is 2.22. The van der Waals surface area contributed by atoms with E-state index in [4.69, 9.17) is 18.0 Å². The number of rotatable bonds is 4. The number of aryl methyl sites for hydroxylation is 1. The summed E-state index contributed by atoms with van der Waals surface area (Å²) in [4.78, 5) is 9.92. The van der Waals surface area contributed by atoms with E-state index in [9.17, 15) is 0 Å². The molecule has 1 aliphatic rings. The van der Waals surface area contributed by atoms with Gasteiger partial charge in [-0.3, -0.25) is 4.90 Å². The van der Waals surface area contributed by atoms with Crippen LogP contribution in [0.5, 0.6) is 0 Å². The number of hydrogen-bond acceptors (Lipinski definition) is 5. The number of anilines is 1. The molecule has 1 fully saturated rings. The third-order valence-electron chi connectivity index (χ3n) is 3.45. The van der Waals surface area contributed by atoms with Crippen LogP contribution in [0.2, 0.25) is 0 Å². The molecule has 1 unspecified atom stereocenters. The Morgan fingerprint density at radius 2 is 2.17 bits per heavy atom. The molecule has 1 aromatic heterocycles. The number of nitrogens with two attached hydrogens (primary N) is 1. The van der Waals surface area contributed by atoms with Gasteiger partial charge in [0.05, 0.1) is 16.7 Å². The number of piperazine rings is 1. The van der Waals surface area contributed by atoms with Crippen LogP contribution in [0, 0.1) is 0 Å². The molecule has 0 aromatic carbocycles. The fourth-order valence-electron chi connectivity index (χ4n) is 2.08. The van der Waals surface area contributed by atoms with Gasteiger partial charge in [0.2, 0.25) is 0 Å². The number of aromatic nitrogens is 1. The van der Waals surface area contributed by atoms with Crippen LogP contribution < -0.4 is 10.6 Å². The Kier molecular flexibility index (Phi) is 4.53. The fraction of sp³-hybridized carbons (Fsp3) is 0.667. The molecule has 0 aliphatic carbocycles. The summed E-state index contributed by atoms with van der Waals surface area (Å²) in [5.74, 6) is 0. The van der Waals surface area contributed by atoms with Gasteiger partial charge in [0.25, 0.3) is 0 Å². The summed E-state index contributed by atoms with van der Waals surface area (Å²) in [5, 5.41) is 3.30. The predicted octanol–water partition coefficient (Wildman–Crippen LogP) is 1.50. The molecule has 1 atom stereocenters. The maximum atomic E-state index is 5.70. The van der Waals surface area contributed by atoms with Crippen molar-refractivity contribution in [1.29, 1.82) is 0 Å². The minimum absolute atomic E-state index is 0.199. The van der Waals surface area contributed by atoms with Crippen LogP contribution >= 0.6 is 23.6 Å². The zero-order valence-electron chi connectivity index (χ0n) is 10.9. The zero-order chi connectivity index (χ0) is 13.1. The van der Waals surface area contributed by atoms with Gasteiger partial charge in [-0.1, -0.05) is 19.1 Å². The Morgan fingerprint density at radius 3 is 2.67 bits per heavy atom. The van der Waals surface area contributed by atoms with Crippen LogP contribution in [0.3, 0.4) is 0 Å². The van der Waals surface area contributed by atoms with E-state index in [1.807, 2.05) is 0 Å². The van der Waals surface area contributed by atoms with Crippen molar-refractivity contribution in [3.63, 3.8) is 0 Å². The summed E-state index contributed by atoms with van der Waals surface area (Å²) < 4.78 is 0. The molecular weight excluding hydrogens is 264 g/mol. The maximum absolute atomic E-state index is 5.70. The van der Waals surface area contributed by atoms with Crippen LogP contribution in [-0.4, -0.2) is 47.1 Å². The molecule has 18 heavy (non-hydrogen) atoms. The number of nitrogens with zero attached hydrogens (tertiary/aromatic N) is 3. The minimum atomic E-state index is 0.199. The molecular formula is C12H20N4S2. The summed E-state index contributed by atoms with van der Waals surface area (Å²) in [7, 11) is 0. The first-order valence-electron chi connectivity index (χ1n) is 6.34. The molecule has 0 amide bonds. The standard InChI is InChI=1S/C12H20N4S2/c1-3-10-8-18-12(14-10)16-6-4-15(5-7-16)9(2)11(13)17/h8-9H,3-7H2,1-2H3,(H2,13,17). The molecule has 6 heteroatoms. The molecule has 0 bridgehead atoms. The van der Waals surface area contributed by atoms with E-state index in [1.165, 1.54) is 5.69 Å². The van der Waals surface area contributed by atoms with Gasteiger partial charge in [-0.15, -0.1) is 11.3 Å². The fourth-order valence-corrected chi connectivity index (χ4v) is 3.20. The van der Waals surface area contributed by atoms with Crippen LogP contribution in [0.1, 0.15) is 19.5 Å². The number of hydrogen-bond donors (Lipinski definition) is 1. The first kappa shape index (κ1) is 13.7. The first-order chi connectivity index (χ1) is 8.61. The van der Waals surface area contributed by atoms with E-state index in [2.05, 4.69) is 34.0 Å². The molecule has 1 saturated heterocycles. The molecule has 1 aliphatic heterocycles. The van der Waals surface area contributed by atoms with Gasteiger partial charge in [-0.2, -0.15) is 0 Å².